The van der Waals surface area contributed by atoms with E-state index in [-0.39, 0.29) is 5.75 Å². The van der Waals surface area contributed by atoms with Gasteiger partial charge in [-0.25, -0.2) is 8.42 Å². The largest absolute Gasteiger partial charge is 0.354 e. The Kier molecular flexibility index (Phi) is 4.68. The molecule has 0 heterocycles. The van der Waals surface area contributed by atoms with E-state index in [0.717, 1.165) is 11.3 Å². The molecule has 0 fully saturated rings. The highest BCUT2D eigenvalue weighted by Crippen LogP contribution is 2.25. The average Bonchev–Trinajstić information content (AvgIpc) is 2.48. The van der Waals surface area contributed by atoms with Gasteiger partial charge in [0.25, 0.3) is 0 Å². The van der Waals surface area contributed by atoms with Crippen LogP contribution in [0.15, 0.2) is 53.4 Å². The van der Waals surface area contributed by atoms with Crippen LogP contribution in [0.1, 0.15) is 12.5 Å². The van der Waals surface area contributed by atoms with Gasteiger partial charge in [-0.05, 0) is 29.8 Å². The standard InChI is InChI=1S/C15H16ClNO2S/c1-2-20(18,19)15-6-4-3-5-14(15)17-13-9-7-12(11-16)8-10-13/h3-10,17H,2,11H2,1H3. The van der Waals surface area contributed by atoms with Crippen molar-refractivity contribution in [1.29, 1.82) is 0 Å². The predicted octanol–water partition coefficient (Wildman–Crippen LogP) is 3.96. The zero-order chi connectivity index (χ0) is 14.6. The molecule has 0 spiro atoms. The van der Waals surface area contributed by atoms with E-state index in [0.29, 0.717) is 16.5 Å². The Balaban J connectivity index is 2.34. The molecule has 0 atom stereocenters. The Morgan fingerprint density at radius 2 is 1.70 bits per heavy atom. The third-order valence-corrected chi connectivity index (χ3v) is 5.08. The van der Waals surface area contributed by atoms with Crippen LogP contribution >= 0.6 is 11.6 Å². The molecule has 0 saturated carbocycles. The fraction of sp³-hybridized carbons (Fsp3) is 0.200. The van der Waals surface area contributed by atoms with Crippen LogP contribution in [-0.4, -0.2) is 14.2 Å². The molecule has 2 rings (SSSR count). The van der Waals surface area contributed by atoms with E-state index in [1.165, 1.54) is 0 Å². The minimum Gasteiger partial charge on any atom is -0.354 e. The molecule has 1 N–H and O–H groups in total. The van der Waals surface area contributed by atoms with Gasteiger partial charge < -0.3 is 5.32 Å². The number of hydrogen-bond donors (Lipinski definition) is 1. The van der Waals surface area contributed by atoms with Crippen LogP contribution in [-0.2, 0) is 15.7 Å². The molecule has 0 radical (unpaired) electrons. The second-order valence-corrected chi connectivity index (χ2v) is 6.87. The summed E-state index contributed by atoms with van der Waals surface area (Å²) < 4.78 is 24.1. The van der Waals surface area contributed by atoms with Crippen molar-refractivity contribution in [2.45, 2.75) is 17.7 Å². The highest BCUT2D eigenvalue weighted by molar-refractivity contribution is 7.91. The van der Waals surface area contributed by atoms with Crippen molar-refractivity contribution in [3.63, 3.8) is 0 Å². The molecular formula is C15H16ClNO2S. The van der Waals surface area contributed by atoms with Crippen molar-refractivity contribution in [2.24, 2.45) is 0 Å². The van der Waals surface area contributed by atoms with E-state index >= 15 is 0 Å². The summed E-state index contributed by atoms with van der Waals surface area (Å²) in [7, 11) is -3.25. The van der Waals surface area contributed by atoms with E-state index in [4.69, 9.17) is 11.6 Å². The molecule has 0 aliphatic heterocycles. The molecule has 0 unspecified atom stereocenters. The Bertz CT molecular complexity index is 681. The van der Waals surface area contributed by atoms with Crippen LogP contribution < -0.4 is 5.32 Å². The number of hydrogen-bond acceptors (Lipinski definition) is 3. The van der Waals surface area contributed by atoms with Gasteiger partial charge in [0.1, 0.15) is 0 Å². The maximum atomic E-state index is 12.1. The van der Waals surface area contributed by atoms with Gasteiger partial charge in [-0.2, -0.15) is 0 Å². The molecule has 0 aliphatic carbocycles. The van der Waals surface area contributed by atoms with Crippen molar-refractivity contribution < 1.29 is 8.42 Å². The van der Waals surface area contributed by atoms with Crippen LogP contribution in [0.25, 0.3) is 0 Å². The van der Waals surface area contributed by atoms with Gasteiger partial charge >= 0.3 is 0 Å². The van der Waals surface area contributed by atoms with Crippen molar-refractivity contribution >= 4 is 32.8 Å². The minimum atomic E-state index is -3.25. The molecule has 2 aromatic carbocycles. The summed E-state index contributed by atoms with van der Waals surface area (Å²) >= 11 is 5.74. The monoisotopic (exact) mass is 309 g/mol. The molecule has 0 saturated heterocycles. The highest BCUT2D eigenvalue weighted by atomic mass is 35.5. The fourth-order valence-electron chi connectivity index (χ4n) is 1.83. The van der Waals surface area contributed by atoms with E-state index in [2.05, 4.69) is 5.32 Å². The number of nitrogens with one attached hydrogen (secondary N) is 1. The first-order valence-electron chi connectivity index (χ1n) is 6.30. The molecule has 2 aromatic rings. The second-order valence-electron chi connectivity index (χ2n) is 4.36. The molecule has 0 amide bonds. The van der Waals surface area contributed by atoms with Crippen molar-refractivity contribution in [3.05, 3.63) is 54.1 Å². The Hall–Kier alpha value is -1.52. The summed E-state index contributed by atoms with van der Waals surface area (Å²) in [6.07, 6.45) is 0. The SMILES string of the molecule is CCS(=O)(=O)c1ccccc1Nc1ccc(CCl)cc1. The number of para-hydroxylation sites is 1. The number of halogens is 1. The molecule has 5 heteroatoms. The normalized spacial score (nSPS) is 11.3. The van der Waals surface area contributed by atoms with Crippen LogP contribution in [0.3, 0.4) is 0 Å². The van der Waals surface area contributed by atoms with Gasteiger partial charge in [0, 0.05) is 11.6 Å². The first-order valence-corrected chi connectivity index (χ1v) is 8.49. The number of sulfone groups is 1. The smallest absolute Gasteiger partial charge is 0.180 e. The number of benzene rings is 2. The lowest BCUT2D eigenvalue weighted by atomic mass is 10.2. The third-order valence-electron chi connectivity index (χ3n) is 2.99. The molecule has 0 aromatic heterocycles. The summed E-state index contributed by atoms with van der Waals surface area (Å²) in [6, 6.07) is 14.5. The highest BCUT2D eigenvalue weighted by Gasteiger charge is 2.15. The lowest BCUT2D eigenvalue weighted by molar-refractivity contribution is 0.597. The molecule has 106 valence electrons. The second kappa shape index (κ2) is 6.29. The first kappa shape index (κ1) is 14.9. The van der Waals surface area contributed by atoms with Crippen molar-refractivity contribution in [1.82, 2.24) is 0 Å². The number of rotatable bonds is 5. The van der Waals surface area contributed by atoms with Gasteiger partial charge in [-0.1, -0.05) is 31.2 Å². The third kappa shape index (κ3) is 3.32. The first-order chi connectivity index (χ1) is 9.56. The number of anilines is 2. The maximum Gasteiger partial charge on any atom is 0.180 e. The molecule has 0 aliphatic rings. The van der Waals surface area contributed by atoms with Crippen molar-refractivity contribution in [3.8, 4) is 0 Å². The summed E-state index contributed by atoms with van der Waals surface area (Å²) in [5, 5.41) is 3.14. The van der Waals surface area contributed by atoms with Crippen LogP contribution in [0.5, 0.6) is 0 Å². The maximum absolute atomic E-state index is 12.1. The topological polar surface area (TPSA) is 46.2 Å². The van der Waals surface area contributed by atoms with E-state index in [1.54, 1.807) is 25.1 Å². The van der Waals surface area contributed by atoms with E-state index in [1.807, 2.05) is 30.3 Å². The minimum absolute atomic E-state index is 0.0802. The molecular weight excluding hydrogens is 294 g/mol. The van der Waals surface area contributed by atoms with Gasteiger partial charge in [0.2, 0.25) is 0 Å². The van der Waals surface area contributed by atoms with Crippen LogP contribution in [0.2, 0.25) is 0 Å². The van der Waals surface area contributed by atoms with Gasteiger partial charge in [0.05, 0.1) is 16.3 Å². The average molecular weight is 310 g/mol. The van der Waals surface area contributed by atoms with Crippen LogP contribution in [0.4, 0.5) is 11.4 Å². The molecule has 0 bridgehead atoms. The Morgan fingerprint density at radius 1 is 1.05 bits per heavy atom. The van der Waals surface area contributed by atoms with Crippen molar-refractivity contribution in [2.75, 3.05) is 11.1 Å². The lowest BCUT2D eigenvalue weighted by Gasteiger charge is -2.12. The predicted molar refractivity (Wildman–Crippen MR) is 83.5 cm³/mol. The molecule has 20 heavy (non-hydrogen) atoms. The Morgan fingerprint density at radius 3 is 2.30 bits per heavy atom. The van der Waals surface area contributed by atoms with Gasteiger partial charge in [-0.15, -0.1) is 11.6 Å². The Labute approximate surface area is 124 Å². The van der Waals surface area contributed by atoms with E-state index in [9.17, 15) is 8.42 Å². The lowest BCUT2D eigenvalue weighted by Crippen LogP contribution is -2.06. The zero-order valence-corrected chi connectivity index (χ0v) is 12.7. The van der Waals surface area contributed by atoms with Gasteiger partial charge in [-0.3, -0.25) is 0 Å². The van der Waals surface area contributed by atoms with Gasteiger partial charge in [0.15, 0.2) is 9.84 Å². The molecule has 3 nitrogen and oxygen atoms in total. The summed E-state index contributed by atoms with van der Waals surface area (Å²) in [5.41, 5.74) is 2.44. The summed E-state index contributed by atoms with van der Waals surface area (Å²) in [4.78, 5) is 0.323. The number of alkyl halides is 1. The summed E-state index contributed by atoms with van der Waals surface area (Å²) in [5.74, 6) is 0.540. The zero-order valence-electron chi connectivity index (χ0n) is 11.1. The fourth-order valence-corrected chi connectivity index (χ4v) is 3.06. The van der Waals surface area contributed by atoms with Crippen LogP contribution in [0, 0.1) is 0 Å². The van der Waals surface area contributed by atoms with E-state index < -0.39 is 9.84 Å². The summed E-state index contributed by atoms with van der Waals surface area (Å²) in [6.45, 7) is 1.64. The quantitative estimate of drug-likeness (QED) is 0.850.